The van der Waals surface area contributed by atoms with E-state index in [4.69, 9.17) is 21.8 Å². The standard InChI is InChI=1S/C13H27N6O2P/c1-17-13(18-15)8-6-9(21-3)12(19(2)7-8)10(22-16)4-5-11(14)20/h4-5,8-10,12,22H,6-7,15-16H2,1-3H3,(H2,14,20)(H,17,18)/b5-4-/t8?,9?,10-,12?/m0/s1. The van der Waals surface area contributed by atoms with Gasteiger partial charge in [-0.3, -0.25) is 14.7 Å². The zero-order valence-corrected chi connectivity index (χ0v) is 14.3. The van der Waals surface area contributed by atoms with Crippen LogP contribution < -0.4 is 22.5 Å². The smallest absolute Gasteiger partial charge is 0.241 e. The molecule has 1 amide bonds. The van der Waals surface area contributed by atoms with Crippen molar-refractivity contribution in [2.45, 2.75) is 24.2 Å². The molecule has 1 heterocycles. The third-order valence-electron chi connectivity index (χ3n) is 4.02. The van der Waals surface area contributed by atoms with Crippen molar-refractivity contribution in [3.05, 3.63) is 12.2 Å². The largest absolute Gasteiger partial charge is 0.380 e. The second-order valence-corrected chi connectivity index (χ2v) is 6.34. The van der Waals surface area contributed by atoms with Gasteiger partial charge in [0.15, 0.2) is 0 Å². The number of nitrogens with zero attached hydrogens (tertiary/aromatic N) is 2. The number of primary amides is 1. The van der Waals surface area contributed by atoms with Crippen LogP contribution in [0.1, 0.15) is 6.42 Å². The van der Waals surface area contributed by atoms with Gasteiger partial charge in [0.1, 0.15) is 5.84 Å². The van der Waals surface area contributed by atoms with Crippen LogP contribution in [0.5, 0.6) is 0 Å². The van der Waals surface area contributed by atoms with Crippen molar-refractivity contribution in [2.75, 3.05) is 27.7 Å². The Balaban J connectivity index is 2.94. The number of aliphatic imine (C=N–C) groups is 1. The first kappa shape index (κ1) is 19.0. The molecule has 0 spiro atoms. The molecule has 7 N–H and O–H groups in total. The fourth-order valence-electron chi connectivity index (χ4n) is 3.02. The predicted molar refractivity (Wildman–Crippen MR) is 90.6 cm³/mol. The maximum absolute atomic E-state index is 11.0. The van der Waals surface area contributed by atoms with Crippen LogP contribution in [0.2, 0.25) is 0 Å². The molecule has 1 aliphatic rings. The highest BCUT2D eigenvalue weighted by molar-refractivity contribution is 7.36. The Labute approximate surface area is 133 Å². The number of nitrogens with one attached hydrogen (secondary N) is 1. The summed E-state index contributed by atoms with van der Waals surface area (Å²) in [6, 6.07) is 0.0797. The normalized spacial score (nSPS) is 29.3. The van der Waals surface area contributed by atoms with E-state index < -0.39 is 5.91 Å². The van der Waals surface area contributed by atoms with Gasteiger partial charge >= 0.3 is 0 Å². The fourth-order valence-corrected chi connectivity index (χ4v) is 3.89. The summed E-state index contributed by atoms with van der Waals surface area (Å²) in [5.74, 6) is 5.98. The molecule has 0 aromatic heterocycles. The molecule has 0 saturated carbocycles. The highest BCUT2D eigenvalue weighted by Crippen LogP contribution is 2.31. The molecular formula is C13H27N6O2P. The molecule has 22 heavy (non-hydrogen) atoms. The average molecular weight is 330 g/mol. The van der Waals surface area contributed by atoms with Crippen LogP contribution in [0.3, 0.4) is 0 Å². The summed E-state index contributed by atoms with van der Waals surface area (Å²) >= 11 is 0. The van der Waals surface area contributed by atoms with Crippen LogP contribution in [0, 0.1) is 5.92 Å². The highest BCUT2D eigenvalue weighted by Gasteiger charge is 2.39. The molecular weight excluding hydrogens is 303 g/mol. The van der Waals surface area contributed by atoms with Gasteiger partial charge in [0, 0.05) is 38.3 Å². The summed E-state index contributed by atoms with van der Waals surface area (Å²) in [5, 5.41) is 0. The molecule has 126 valence electrons. The number of rotatable bonds is 6. The number of amidine groups is 1. The molecule has 1 saturated heterocycles. The Hall–Kier alpha value is -1.05. The van der Waals surface area contributed by atoms with Gasteiger partial charge in [-0.25, -0.2) is 5.84 Å². The van der Waals surface area contributed by atoms with E-state index in [0.717, 1.165) is 18.8 Å². The van der Waals surface area contributed by atoms with Crippen molar-refractivity contribution in [3.8, 4) is 0 Å². The van der Waals surface area contributed by atoms with Crippen LogP contribution in [-0.4, -0.2) is 62.2 Å². The molecule has 0 bridgehead atoms. The van der Waals surface area contributed by atoms with E-state index >= 15 is 0 Å². The van der Waals surface area contributed by atoms with Crippen molar-refractivity contribution in [1.29, 1.82) is 0 Å². The minimum Gasteiger partial charge on any atom is -0.380 e. The number of methoxy groups -OCH3 is 1. The van der Waals surface area contributed by atoms with Gasteiger partial charge < -0.3 is 21.4 Å². The quantitative estimate of drug-likeness (QED) is 0.120. The Morgan fingerprint density at radius 1 is 1.59 bits per heavy atom. The van der Waals surface area contributed by atoms with Gasteiger partial charge in [-0.1, -0.05) is 6.08 Å². The van der Waals surface area contributed by atoms with Crippen LogP contribution in [0.4, 0.5) is 0 Å². The Morgan fingerprint density at radius 3 is 2.73 bits per heavy atom. The van der Waals surface area contributed by atoms with E-state index in [1.165, 1.54) is 6.08 Å². The van der Waals surface area contributed by atoms with E-state index in [-0.39, 0.29) is 32.5 Å². The molecule has 4 unspecified atom stereocenters. The lowest BCUT2D eigenvalue weighted by atomic mass is 9.87. The molecule has 8 nitrogen and oxygen atoms in total. The van der Waals surface area contributed by atoms with Crippen LogP contribution in [0.15, 0.2) is 17.1 Å². The summed E-state index contributed by atoms with van der Waals surface area (Å²) in [5.41, 5.74) is 13.7. The SMILES string of the molecule is CN=C(NN)C1CC(OC)C([C@H](/C=C\C(N)=O)PN)N(C)C1. The van der Waals surface area contributed by atoms with Gasteiger partial charge in [0.2, 0.25) is 5.91 Å². The number of hydrazine groups is 1. The minimum atomic E-state index is -0.471. The average Bonchev–Trinajstić information content (AvgIpc) is 2.49. The summed E-state index contributed by atoms with van der Waals surface area (Å²) in [6.45, 7) is 0.785. The third kappa shape index (κ3) is 4.72. The van der Waals surface area contributed by atoms with Gasteiger partial charge in [-0.05, 0) is 28.3 Å². The molecule has 1 rings (SSSR count). The monoisotopic (exact) mass is 330 g/mol. The minimum absolute atomic E-state index is 0.0104. The third-order valence-corrected chi connectivity index (χ3v) is 4.94. The first-order chi connectivity index (χ1) is 10.5. The fraction of sp³-hybridized carbons (Fsp3) is 0.692. The number of hydrogen-bond acceptors (Lipinski definition) is 6. The van der Waals surface area contributed by atoms with E-state index in [9.17, 15) is 4.79 Å². The lowest BCUT2D eigenvalue weighted by Gasteiger charge is -2.45. The van der Waals surface area contributed by atoms with E-state index in [1.807, 2.05) is 7.05 Å². The number of ether oxygens (including phenoxy) is 1. The van der Waals surface area contributed by atoms with Gasteiger partial charge in [-0.2, -0.15) is 0 Å². The second-order valence-electron chi connectivity index (χ2n) is 5.34. The van der Waals surface area contributed by atoms with E-state index in [1.54, 1.807) is 20.2 Å². The first-order valence-electron chi connectivity index (χ1n) is 7.08. The van der Waals surface area contributed by atoms with E-state index in [0.29, 0.717) is 0 Å². The highest BCUT2D eigenvalue weighted by atomic mass is 31.1. The zero-order valence-electron chi connectivity index (χ0n) is 13.3. The summed E-state index contributed by atoms with van der Waals surface area (Å²) < 4.78 is 5.67. The van der Waals surface area contributed by atoms with Crippen molar-refractivity contribution >= 4 is 20.5 Å². The molecule has 9 heteroatoms. The first-order valence-corrected chi connectivity index (χ1v) is 8.24. The van der Waals surface area contributed by atoms with Crippen molar-refractivity contribution in [1.82, 2.24) is 10.3 Å². The molecule has 5 atom stereocenters. The number of piperidine rings is 1. The topological polar surface area (TPSA) is 132 Å². The molecule has 0 aliphatic carbocycles. The van der Waals surface area contributed by atoms with Crippen molar-refractivity contribution < 1.29 is 9.53 Å². The lowest BCUT2D eigenvalue weighted by Crippen LogP contribution is -2.57. The van der Waals surface area contributed by atoms with Crippen LogP contribution in [-0.2, 0) is 9.53 Å². The van der Waals surface area contributed by atoms with Gasteiger partial charge in [0.25, 0.3) is 0 Å². The molecule has 0 aromatic rings. The lowest BCUT2D eigenvalue weighted by molar-refractivity contribution is -0.113. The second kappa shape index (κ2) is 9.17. The number of nitrogens with two attached hydrogens (primary N) is 3. The number of amides is 1. The summed E-state index contributed by atoms with van der Waals surface area (Å²) in [4.78, 5) is 17.3. The van der Waals surface area contributed by atoms with E-state index in [2.05, 4.69) is 15.3 Å². The summed E-state index contributed by atoms with van der Waals surface area (Å²) in [6.07, 6.45) is 3.91. The molecule has 0 aromatic carbocycles. The van der Waals surface area contributed by atoms with Crippen LogP contribution in [0.25, 0.3) is 0 Å². The Morgan fingerprint density at radius 2 is 2.27 bits per heavy atom. The molecule has 1 aliphatic heterocycles. The maximum atomic E-state index is 11.0. The van der Waals surface area contributed by atoms with Crippen molar-refractivity contribution in [3.63, 3.8) is 0 Å². The van der Waals surface area contributed by atoms with Crippen LogP contribution >= 0.6 is 8.73 Å². The zero-order chi connectivity index (χ0) is 16.7. The number of likely N-dealkylation sites (N-methyl/N-ethyl adjacent to an activating group) is 1. The number of carbonyl (C=O) groups excluding carboxylic acids is 1. The van der Waals surface area contributed by atoms with Gasteiger partial charge in [0.05, 0.1) is 6.10 Å². The summed E-state index contributed by atoms with van der Waals surface area (Å²) in [7, 11) is 5.56. The Kier molecular flexibility index (Phi) is 7.92. The number of likely N-dealkylation sites (tertiary alicyclic amines) is 1. The molecule has 0 radical (unpaired) electrons. The Bertz CT molecular complexity index is 431. The maximum Gasteiger partial charge on any atom is 0.241 e. The number of hydrogen-bond donors (Lipinski definition) is 4. The predicted octanol–water partition coefficient (Wildman–Crippen LogP) is -1.22. The molecule has 1 fully saturated rings. The van der Waals surface area contributed by atoms with Gasteiger partial charge in [-0.15, -0.1) is 0 Å². The van der Waals surface area contributed by atoms with Crippen molar-refractivity contribution in [2.24, 2.45) is 28.0 Å². The number of carbonyl (C=O) groups is 1.